The molecule has 0 spiro atoms. The topological polar surface area (TPSA) is 67.6 Å². The first kappa shape index (κ1) is 15.6. The third-order valence-corrected chi connectivity index (χ3v) is 4.10. The molecular weight excluding hydrogens is 266 g/mol. The van der Waals surface area contributed by atoms with Crippen LogP contribution in [0.15, 0.2) is 18.2 Å². The van der Waals surface area contributed by atoms with Gasteiger partial charge >= 0.3 is 0 Å². The van der Waals surface area contributed by atoms with Crippen LogP contribution >= 0.6 is 0 Å². The van der Waals surface area contributed by atoms with Crippen molar-refractivity contribution >= 4 is 11.6 Å². The zero-order chi connectivity index (χ0) is 15.4. The van der Waals surface area contributed by atoms with Gasteiger partial charge in [0.2, 0.25) is 0 Å². The summed E-state index contributed by atoms with van der Waals surface area (Å²) in [5.41, 5.74) is 6.88. The number of benzene rings is 1. The van der Waals surface area contributed by atoms with E-state index in [0.717, 1.165) is 25.9 Å². The van der Waals surface area contributed by atoms with Crippen molar-refractivity contribution in [1.82, 2.24) is 10.2 Å². The maximum absolute atomic E-state index is 12.3. The first-order valence-electron chi connectivity index (χ1n) is 7.49. The van der Waals surface area contributed by atoms with Crippen LogP contribution in [0.25, 0.3) is 0 Å². The van der Waals surface area contributed by atoms with Crippen molar-refractivity contribution in [3.05, 3.63) is 23.8 Å². The average molecular weight is 291 g/mol. The minimum absolute atomic E-state index is 0.0989. The van der Waals surface area contributed by atoms with E-state index in [1.54, 1.807) is 25.3 Å². The standard InChI is InChI=1S/C16H25N3O2/c1-11(2)19-8-6-12(7-9-19)18-16(20)14-5-4-13(21-3)10-15(14)17/h4-5,10-12H,6-9,17H2,1-3H3,(H,18,20). The second-order valence-corrected chi connectivity index (χ2v) is 5.83. The molecule has 1 fully saturated rings. The van der Waals surface area contributed by atoms with Crippen LogP contribution in [0.1, 0.15) is 37.0 Å². The Labute approximate surface area is 126 Å². The van der Waals surface area contributed by atoms with Crippen LogP contribution < -0.4 is 15.8 Å². The van der Waals surface area contributed by atoms with Gasteiger partial charge in [-0.15, -0.1) is 0 Å². The molecule has 5 nitrogen and oxygen atoms in total. The molecule has 0 radical (unpaired) electrons. The Kier molecular flexibility index (Phi) is 5.07. The number of anilines is 1. The van der Waals surface area contributed by atoms with E-state index in [4.69, 9.17) is 10.5 Å². The number of nitrogens with two attached hydrogens (primary N) is 1. The number of nitrogen functional groups attached to an aromatic ring is 1. The summed E-state index contributed by atoms with van der Waals surface area (Å²) in [5, 5.41) is 3.09. The molecule has 21 heavy (non-hydrogen) atoms. The highest BCUT2D eigenvalue weighted by Crippen LogP contribution is 2.20. The van der Waals surface area contributed by atoms with Gasteiger partial charge in [-0.05, 0) is 38.8 Å². The first-order chi connectivity index (χ1) is 10.0. The van der Waals surface area contributed by atoms with Gasteiger partial charge in [0.05, 0.1) is 12.7 Å². The third-order valence-electron chi connectivity index (χ3n) is 4.10. The smallest absolute Gasteiger partial charge is 0.253 e. The number of nitrogens with zero attached hydrogens (tertiary/aromatic N) is 1. The molecule has 1 amide bonds. The predicted octanol–water partition coefficient (Wildman–Crippen LogP) is 1.88. The summed E-state index contributed by atoms with van der Waals surface area (Å²) >= 11 is 0. The van der Waals surface area contributed by atoms with Crippen LogP contribution in [-0.4, -0.2) is 43.1 Å². The molecule has 0 saturated carbocycles. The Bertz CT molecular complexity index is 494. The highest BCUT2D eigenvalue weighted by molar-refractivity contribution is 5.99. The summed E-state index contributed by atoms with van der Waals surface area (Å²) in [4.78, 5) is 14.7. The van der Waals surface area contributed by atoms with Crippen molar-refractivity contribution in [2.45, 2.75) is 38.8 Å². The van der Waals surface area contributed by atoms with E-state index in [1.165, 1.54) is 0 Å². The Morgan fingerprint density at radius 2 is 2.05 bits per heavy atom. The third kappa shape index (κ3) is 3.88. The lowest BCUT2D eigenvalue weighted by atomic mass is 10.0. The molecule has 3 N–H and O–H groups in total. The van der Waals surface area contributed by atoms with E-state index in [0.29, 0.717) is 23.0 Å². The minimum Gasteiger partial charge on any atom is -0.497 e. The van der Waals surface area contributed by atoms with Crippen molar-refractivity contribution < 1.29 is 9.53 Å². The number of likely N-dealkylation sites (tertiary alicyclic amines) is 1. The Morgan fingerprint density at radius 1 is 1.38 bits per heavy atom. The SMILES string of the molecule is COc1ccc(C(=O)NC2CCN(C(C)C)CC2)c(N)c1. The van der Waals surface area contributed by atoms with Gasteiger partial charge in [0.15, 0.2) is 0 Å². The van der Waals surface area contributed by atoms with Crippen LogP contribution in [0, 0.1) is 0 Å². The first-order valence-corrected chi connectivity index (χ1v) is 7.49. The number of piperidine rings is 1. The van der Waals surface area contributed by atoms with Crippen molar-refractivity contribution in [3.8, 4) is 5.75 Å². The number of rotatable bonds is 4. The average Bonchev–Trinajstić information content (AvgIpc) is 2.47. The fourth-order valence-corrected chi connectivity index (χ4v) is 2.70. The van der Waals surface area contributed by atoms with Gasteiger partial charge in [-0.2, -0.15) is 0 Å². The van der Waals surface area contributed by atoms with Gasteiger partial charge in [-0.3, -0.25) is 4.79 Å². The van der Waals surface area contributed by atoms with E-state index in [1.807, 2.05) is 0 Å². The fraction of sp³-hybridized carbons (Fsp3) is 0.562. The number of hydrogen-bond acceptors (Lipinski definition) is 4. The summed E-state index contributed by atoms with van der Waals surface area (Å²) in [6, 6.07) is 5.95. The van der Waals surface area contributed by atoms with Gasteiger partial charge < -0.3 is 20.7 Å². The molecular formula is C16H25N3O2. The molecule has 1 heterocycles. The largest absolute Gasteiger partial charge is 0.497 e. The lowest BCUT2D eigenvalue weighted by molar-refractivity contribution is 0.0901. The molecule has 0 atom stereocenters. The Balaban J connectivity index is 1.93. The Hall–Kier alpha value is -1.75. The van der Waals surface area contributed by atoms with Crippen molar-refractivity contribution in [3.63, 3.8) is 0 Å². The molecule has 5 heteroatoms. The van der Waals surface area contributed by atoms with Gasteiger partial charge in [-0.25, -0.2) is 0 Å². The van der Waals surface area contributed by atoms with Crippen molar-refractivity contribution in [2.24, 2.45) is 0 Å². The molecule has 1 saturated heterocycles. The molecule has 116 valence electrons. The monoisotopic (exact) mass is 291 g/mol. The number of nitrogens with one attached hydrogen (secondary N) is 1. The van der Waals surface area contributed by atoms with E-state index in [2.05, 4.69) is 24.1 Å². The van der Waals surface area contributed by atoms with Crippen LogP contribution in [0.2, 0.25) is 0 Å². The van der Waals surface area contributed by atoms with Crippen molar-refractivity contribution in [1.29, 1.82) is 0 Å². The highest BCUT2D eigenvalue weighted by Gasteiger charge is 2.23. The molecule has 0 aliphatic carbocycles. The number of carbonyl (C=O) groups is 1. The zero-order valence-corrected chi connectivity index (χ0v) is 13.1. The predicted molar refractivity (Wildman–Crippen MR) is 84.6 cm³/mol. The van der Waals surface area contributed by atoms with E-state index in [-0.39, 0.29) is 11.9 Å². The van der Waals surface area contributed by atoms with Crippen LogP contribution in [0.4, 0.5) is 5.69 Å². The molecule has 1 aliphatic heterocycles. The second kappa shape index (κ2) is 6.80. The van der Waals surface area contributed by atoms with Crippen molar-refractivity contribution in [2.75, 3.05) is 25.9 Å². The van der Waals surface area contributed by atoms with Crippen LogP contribution in [0.3, 0.4) is 0 Å². The summed E-state index contributed by atoms with van der Waals surface area (Å²) in [6.45, 7) is 6.47. The van der Waals surface area contributed by atoms with E-state index < -0.39 is 0 Å². The summed E-state index contributed by atoms with van der Waals surface area (Å²) in [5.74, 6) is 0.562. The molecule has 0 aromatic heterocycles. The van der Waals surface area contributed by atoms with Gasteiger partial charge in [0, 0.05) is 36.9 Å². The quantitative estimate of drug-likeness (QED) is 0.831. The fourth-order valence-electron chi connectivity index (χ4n) is 2.70. The maximum Gasteiger partial charge on any atom is 0.253 e. The normalized spacial score (nSPS) is 17.0. The highest BCUT2D eigenvalue weighted by atomic mass is 16.5. The van der Waals surface area contributed by atoms with Gasteiger partial charge in [0.1, 0.15) is 5.75 Å². The number of hydrogen-bond donors (Lipinski definition) is 2. The molecule has 0 unspecified atom stereocenters. The number of ether oxygens (including phenoxy) is 1. The molecule has 2 rings (SSSR count). The number of amides is 1. The van der Waals surface area contributed by atoms with Crippen LogP contribution in [-0.2, 0) is 0 Å². The van der Waals surface area contributed by atoms with E-state index in [9.17, 15) is 4.79 Å². The second-order valence-electron chi connectivity index (χ2n) is 5.83. The summed E-state index contributed by atoms with van der Waals surface area (Å²) in [7, 11) is 1.58. The minimum atomic E-state index is -0.0989. The molecule has 1 aliphatic rings. The van der Waals surface area contributed by atoms with Gasteiger partial charge in [0.25, 0.3) is 5.91 Å². The molecule has 1 aromatic carbocycles. The number of methoxy groups -OCH3 is 1. The lowest BCUT2D eigenvalue weighted by Crippen LogP contribution is -2.46. The molecule has 0 bridgehead atoms. The zero-order valence-electron chi connectivity index (χ0n) is 13.1. The number of carbonyl (C=O) groups excluding carboxylic acids is 1. The summed E-state index contributed by atoms with van der Waals surface area (Å²) < 4.78 is 5.10. The van der Waals surface area contributed by atoms with Gasteiger partial charge in [-0.1, -0.05) is 0 Å². The summed E-state index contributed by atoms with van der Waals surface area (Å²) in [6.07, 6.45) is 1.97. The van der Waals surface area contributed by atoms with Crippen LogP contribution in [0.5, 0.6) is 5.75 Å². The molecule has 1 aromatic rings. The lowest BCUT2D eigenvalue weighted by Gasteiger charge is -2.34. The Morgan fingerprint density at radius 3 is 2.57 bits per heavy atom. The van der Waals surface area contributed by atoms with E-state index >= 15 is 0 Å². The maximum atomic E-state index is 12.3.